The monoisotopic (exact) mass is 389 g/mol. The molecule has 1 atom stereocenters. The van der Waals surface area contributed by atoms with Crippen LogP contribution in [-0.2, 0) is 4.79 Å². The van der Waals surface area contributed by atoms with Gasteiger partial charge in [-0.25, -0.2) is 0 Å². The summed E-state index contributed by atoms with van der Waals surface area (Å²) in [6, 6.07) is 30.0. The van der Waals surface area contributed by atoms with Gasteiger partial charge in [0.1, 0.15) is 5.92 Å². The largest absolute Gasteiger partial charge is 0.283 e. The molecule has 144 valence electrons. The summed E-state index contributed by atoms with van der Waals surface area (Å²) in [6.07, 6.45) is 0. The maximum Gasteiger partial charge on any atom is 0.283 e. The molecule has 0 aromatic heterocycles. The first kappa shape index (κ1) is 17.2. The van der Waals surface area contributed by atoms with Crippen molar-refractivity contribution in [3.63, 3.8) is 0 Å². The molecule has 30 heavy (non-hydrogen) atoms. The third-order valence-electron chi connectivity index (χ3n) is 6.23. The lowest BCUT2D eigenvalue weighted by Crippen LogP contribution is -2.31. The van der Waals surface area contributed by atoms with Crippen molar-refractivity contribution in [3.8, 4) is 0 Å². The lowest BCUT2D eigenvalue weighted by molar-refractivity contribution is -0.559. The average Bonchev–Trinajstić information content (AvgIpc) is 3.11. The van der Waals surface area contributed by atoms with Gasteiger partial charge >= 0.3 is 0 Å². The Kier molecular flexibility index (Phi) is 3.66. The number of carbonyl (C=O) groups is 1. The molecule has 3 nitrogen and oxygen atoms in total. The van der Waals surface area contributed by atoms with Crippen LogP contribution >= 0.6 is 0 Å². The van der Waals surface area contributed by atoms with Gasteiger partial charge in [-0.3, -0.25) is 4.79 Å². The van der Waals surface area contributed by atoms with E-state index in [1.807, 2.05) is 17.7 Å². The minimum absolute atomic E-state index is 0.0422. The smallest absolute Gasteiger partial charge is 0.269 e. The molecule has 5 aromatic carbocycles. The van der Waals surface area contributed by atoms with Gasteiger partial charge in [-0.05, 0) is 57.4 Å². The number of rotatable bonds is 2. The van der Waals surface area contributed by atoms with Crippen LogP contribution in [0, 0.1) is 5.92 Å². The molecule has 1 fully saturated rings. The van der Waals surface area contributed by atoms with Gasteiger partial charge < -0.3 is 0 Å². The zero-order chi connectivity index (χ0) is 20.2. The molecule has 0 radical (unpaired) electrons. The van der Waals surface area contributed by atoms with Crippen LogP contribution in [0.15, 0.2) is 84.9 Å². The van der Waals surface area contributed by atoms with Crippen molar-refractivity contribution < 1.29 is 9.48 Å². The fourth-order valence-electron chi connectivity index (χ4n) is 4.80. The molecule has 0 spiro atoms. The predicted molar refractivity (Wildman–Crippen MR) is 122 cm³/mol. The second kappa shape index (κ2) is 6.39. The van der Waals surface area contributed by atoms with Gasteiger partial charge in [0.15, 0.2) is 6.54 Å². The quantitative estimate of drug-likeness (QED) is 0.330. The Morgan fingerprint density at radius 3 is 2.27 bits per heavy atom. The first-order valence-corrected chi connectivity index (χ1v) is 10.4. The molecule has 1 aliphatic heterocycles. The zero-order valence-electron chi connectivity index (χ0n) is 16.7. The van der Waals surface area contributed by atoms with E-state index >= 15 is 0 Å². The Labute approximate surface area is 174 Å². The highest BCUT2D eigenvalue weighted by atomic mass is 16.2. The van der Waals surface area contributed by atoms with Gasteiger partial charge in [-0.2, -0.15) is 0 Å². The van der Waals surface area contributed by atoms with Gasteiger partial charge in [0, 0.05) is 5.56 Å². The molecular formula is C27H21N2O+. The number of benzene rings is 5. The Balaban J connectivity index is 1.77. The van der Waals surface area contributed by atoms with E-state index in [1.165, 1.54) is 32.3 Å². The van der Waals surface area contributed by atoms with Crippen molar-refractivity contribution in [3.05, 3.63) is 96.1 Å². The number of hydrazine groups is 1. The summed E-state index contributed by atoms with van der Waals surface area (Å²) < 4.78 is 2.03. The first-order chi connectivity index (χ1) is 14.7. The summed E-state index contributed by atoms with van der Waals surface area (Å²) in [5, 5.41) is 7.52. The third kappa shape index (κ3) is 2.45. The summed E-state index contributed by atoms with van der Waals surface area (Å²) in [4.78, 5) is 12.4. The lowest BCUT2D eigenvalue weighted by Gasteiger charge is -2.15. The van der Waals surface area contributed by atoms with Crippen LogP contribution in [0.4, 0.5) is 0 Å². The average molecular weight is 389 g/mol. The van der Waals surface area contributed by atoms with Crippen LogP contribution < -0.4 is 5.43 Å². The second-order valence-electron chi connectivity index (χ2n) is 8.17. The number of hydrogen-bond acceptors (Lipinski definition) is 1. The van der Waals surface area contributed by atoms with E-state index in [1.54, 1.807) is 0 Å². The van der Waals surface area contributed by atoms with Crippen molar-refractivity contribution >= 4 is 43.9 Å². The van der Waals surface area contributed by atoms with Crippen molar-refractivity contribution in [2.24, 2.45) is 5.92 Å². The summed E-state index contributed by atoms with van der Waals surface area (Å²) >= 11 is 0. The maximum absolute atomic E-state index is 12.4. The molecule has 0 aliphatic carbocycles. The highest BCUT2D eigenvalue weighted by molar-refractivity contribution is 6.29. The van der Waals surface area contributed by atoms with Crippen molar-refractivity contribution in [2.75, 3.05) is 6.54 Å². The maximum atomic E-state index is 12.4. The topological polar surface area (TPSA) is 32.1 Å². The van der Waals surface area contributed by atoms with E-state index in [0.29, 0.717) is 6.54 Å². The van der Waals surface area contributed by atoms with Gasteiger partial charge in [-0.1, -0.05) is 66.7 Å². The summed E-state index contributed by atoms with van der Waals surface area (Å²) in [6.45, 7) is 2.63. The molecule has 3 heteroatoms. The van der Waals surface area contributed by atoms with E-state index in [-0.39, 0.29) is 11.8 Å². The van der Waals surface area contributed by atoms with Crippen LogP contribution in [0.1, 0.15) is 18.1 Å². The Bertz CT molecular complexity index is 1470. The van der Waals surface area contributed by atoms with Crippen LogP contribution in [-0.4, -0.2) is 22.8 Å². The Hall–Kier alpha value is -3.72. The molecule has 1 amide bonds. The van der Waals surface area contributed by atoms with Crippen molar-refractivity contribution in [2.45, 2.75) is 6.92 Å². The highest BCUT2D eigenvalue weighted by Crippen LogP contribution is 2.37. The van der Waals surface area contributed by atoms with E-state index in [4.69, 9.17) is 0 Å². The SMILES string of the molecule is CC1C/[N+](=C(/c2ccccc2)c2cc3cccc4ccc5cccc2c5c43)NC1=O. The number of hydrogen-bond donors (Lipinski definition) is 1. The van der Waals surface area contributed by atoms with Gasteiger partial charge in [0.25, 0.3) is 5.91 Å². The fourth-order valence-corrected chi connectivity index (χ4v) is 4.80. The Morgan fingerprint density at radius 2 is 1.53 bits per heavy atom. The molecule has 1 saturated heterocycles. The summed E-state index contributed by atoms with van der Waals surface area (Å²) in [5.41, 5.74) is 6.39. The number of amides is 1. The summed E-state index contributed by atoms with van der Waals surface area (Å²) in [5.74, 6) is 0.0277. The molecule has 0 bridgehead atoms. The molecule has 0 saturated carbocycles. The lowest BCUT2D eigenvalue weighted by atomic mass is 9.88. The van der Waals surface area contributed by atoms with Crippen molar-refractivity contribution in [1.29, 1.82) is 0 Å². The van der Waals surface area contributed by atoms with E-state index in [2.05, 4.69) is 84.3 Å². The van der Waals surface area contributed by atoms with Gasteiger partial charge in [0.2, 0.25) is 5.71 Å². The van der Waals surface area contributed by atoms with Crippen LogP contribution in [0.25, 0.3) is 32.3 Å². The van der Waals surface area contributed by atoms with E-state index < -0.39 is 0 Å². The Morgan fingerprint density at radius 1 is 0.833 bits per heavy atom. The number of carbonyl (C=O) groups excluding carboxylic acids is 1. The van der Waals surface area contributed by atoms with E-state index in [0.717, 1.165) is 16.8 Å². The zero-order valence-corrected chi connectivity index (χ0v) is 16.7. The standard InChI is InChI=1S/C27H20N2O/c1-17-16-29(28-27(17)30)26(20-7-3-2-4-8-20)23-15-21-11-5-9-18-13-14-19-10-6-12-22(23)25(19)24(18)21/h2-15,17H,16H2,1H3/p+1/b29-26+. The normalized spacial score (nSPS) is 18.4. The van der Waals surface area contributed by atoms with Crippen LogP contribution in [0.3, 0.4) is 0 Å². The highest BCUT2D eigenvalue weighted by Gasteiger charge is 2.35. The van der Waals surface area contributed by atoms with Gasteiger partial charge in [0.05, 0.1) is 5.56 Å². The van der Waals surface area contributed by atoms with Gasteiger partial charge in [-0.15, -0.1) is 10.1 Å². The van der Waals surface area contributed by atoms with Crippen LogP contribution in [0.5, 0.6) is 0 Å². The van der Waals surface area contributed by atoms with E-state index in [9.17, 15) is 4.79 Å². The molecule has 1 aliphatic rings. The first-order valence-electron chi connectivity index (χ1n) is 10.4. The number of hydrazone groups is 1. The molecular weight excluding hydrogens is 368 g/mol. The molecule has 1 heterocycles. The summed E-state index contributed by atoms with van der Waals surface area (Å²) in [7, 11) is 0. The minimum atomic E-state index is -0.0422. The predicted octanol–water partition coefficient (Wildman–Crippen LogP) is 5.11. The van der Waals surface area contributed by atoms with Crippen LogP contribution in [0.2, 0.25) is 0 Å². The second-order valence-corrected chi connectivity index (χ2v) is 8.17. The minimum Gasteiger partial charge on any atom is -0.269 e. The van der Waals surface area contributed by atoms with Crippen molar-refractivity contribution in [1.82, 2.24) is 5.43 Å². The molecule has 1 unspecified atom stereocenters. The molecule has 1 N–H and O–H groups in total. The number of nitrogens with one attached hydrogen (secondary N) is 1. The third-order valence-corrected chi connectivity index (χ3v) is 6.23. The number of nitrogens with zero attached hydrogens (tertiary/aromatic N) is 1. The fraction of sp³-hybridized carbons (Fsp3) is 0.111. The molecule has 6 rings (SSSR count). The molecule has 5 aromatic rings.